The summed E-state index contributed by atoms with van der Waals surface area (Å²) in [7, 11) is 3.47. The first-order chi connectivity index (χ1) is 8.61. The highest BCUT2D eigenvalue weighted by molar-refractivity contribution is 7.09. The lowest BCUT2D eigenvalue weighted by molar-refractivity contribution is 0.413. The summed E-state index contributed by atoms with van der Waals surface area (Å²) in [5.41, 5.74) is 6.75. The van der Waals surface area contributed by atoms with Crippen LogP contribution in [-0.4, -0.2) is 29.1 Å². The van der Waals surface area contributed by atoms with E-state index < -0.39 is 0 Å². The summed E-state index contributed by atoms with van der Waals surface area (Å²) in [5, 5.41) is 3.08. The van der Waals surface area contributed by atoms with E-state index >= 15 is 0 Å². The van der Waals surface area contributed by atoms with Crippen LogP contribution in [0.4, 0.5) is 11.6 Å². The number of nitrogens with zero attached hydrogens (tertiary/aromatic N) is 4. The van der Waals surface area contributed by atoms with Gasteiger partial charge in [0, 0.05) is 12.4 Å². The molecule has 2 aromatic heterocycles. The van der Waals surface area contributed by atoms with Gasteiger partial charge in [0.2, 0.25) is 5.75 Å². The number of aryl methyl sites for hydroxylation is 1. The van der Waals surface area contributed by atoms with Crippen molar-refractivity contribution in [3.8, 4) is 5.75 Å². The van der Waals surface area contributed by atoms with E-state index in [1.807, 2.05) is 24.3 Å². The van der Waals surface area contributed by atoms with Crippen LogP contribution in [0, 0.1) is 6.92 Å². The van der Waals surface area contributed by atoms with Crippen LogP contribution in [-0.2, 0) is 6.54 Å². The van der Waals surface area contributed by atoms with Gasteiger partial charge in [0.05, 0.1) is 24.4 Å². The third-order valence-electron chi connectivity index (χ3n) is 2.44. The molecule has 18 heavy (non-hydrogen) atoms. The van der Waals surface area contributed by atoms with Crippen LogP contribution in [0.3, 0.4) is 0 Å². The highest BCUT2D eigenvalue weighted by Gasteiger charge is 2.14. The summed E-state index contributed by atoms with van der Waals surface area (Å²) in [6.45, 7) is 2.63. The molecule has 0 aromatic carbocycles. The van der Waals surface area contributed by atoms with Gasteiger partial charge in [0.1, 0.15) is 6.33 Å². The molecule has 0 radical (unpaired) electrons. The Morgan fingerprint density at radius 1 is 1.44 bits per heavy atom. The van der Waals surface area contributed by atoms with Gasteiger partial charge in [0.25, 0.3) is 0 Å². The van der Waals surface area contributed by atoms with Crippen molar-refractivity contribution < 1.29 is 4.74 Å². The molecule has 0 unspecified atom stereocenters. The Morgan fingerprint density at radius 2 is 2.22 bits per heavy atom. The normalized spacial score (nSPS) is 10.4. The zero-order chi connectivity index (χ0) is 13.1. The van der Waals surface area contributed by atoms with Gasteiger partial charge in [-0.2, -0.15) is 0 Å². The van der Waals surface area contributed by atoms with Gasteiger partial charge < -0.3 is 15.4 Å². The second-order valence-electron chi connectivity index (χ2n) is 3.83. The Morgan fingerprint density at radius 3 is 2.83 bits per heavy atom. The summed E-state index contributed by atoms with van der Waals surface area (Å²) >= 11 is 1.63. The average molecular weight is 265 g/mol. The molecule has 0 atom stereocenters. The van der Waals surface area contributed by atoms with Crippen LogP contribution in [0.2, 0.25) is 0 Å². The first-order valence-electron chi connectivity index (χ1n) is 5.38. The van der Waals surface area contributed by atoms with Gasteiger partial charge in [0.15, 0.2) is 11.6 Å². The lowest BCUT2D eigenvalue weighted by Gasteiger charge is -2.19. The molecule has 0 fully saturated rings. The Labute approximate surface area is 109 Å². The monoisotopic (exact) mass is 265 g/mol. The van der Waals surface area contributed by atoms with E-state index in [4.69, 9.17) is 10.5 Å². The number of hydrogen-bond acceptors (Lipinski definition) is 7. The lowest BCUT2D eigenvalue weighted by atomic mass is 10.4. The Balaban J connectivity index is 2.23. The molecule has 0 bridgehead atoms. The molecule has 0 aliphatic rings. The number of anilines is 2. The minimum atomic E-state index is 0.337. The molecule has 0 amide bonds. The standard InChI is InChI=1S/C11H15N5OS/c1-7-15-8(5-18-7)4-16(2)11-9(17-3)10(12)13-6-14-11/h5-6H,4H2,1-3H3,(H2,12,13,14). The zero-order valence-corrected chi connectivity index (χ0v) is 11.4. The van der Waals surface area contributed by atoms with Gasteiger partial charge >= 0.3 is 0 Å². The van der Waals surface area contributed by atoms with Crippen molar-refractivity contribution in [1.82, 2.24) is 15.0 Å². The number of aromatic nitrogens is 3. The number of rotatable bonds is 4. The number of nitrogens with two attached hydrogens (primary N) is 1. The Hall–Kier alpha value is -1.89. The van der Waals surface area contributed by atoms with Crippen molar-refractivity contribution in [3.63, 3.8) is 0 Å². The number of methoxy groups -OCH3 is 1. The molecule has 7 heteroatoms. The first-order valence-corrected chi connectivity index (χ1v) is 6.26. The van der Waals surface area contributed by atoms with Crippen LogP contribution in [0.1, 0.15) is 10.7 Å². The zero-order valence-electron chi connectivity index (χ0n) is 10.5. The highest BCUT2D eigenvalue weighted by atomic mass is 32.1. The van der Waals surface area contributed by atoms with E-state index in [0.29, 0.717) is 23.9 Å². The topological polar surface area (TPSA) is 77.2 Å². The molecule has 0 aliphatic heterocycles. The summed E-state index contributed by atoms with van der Waals surface area (Å²) < 4.78 is 5.23. The van der Waals surface area contributed by atoms with E-state index in [1.165, 1.54) is 6.33 Å². The Kier molecular flexibility index (Phi) is 3.61. The fourth-order valence-electron chi connectivity index (χ4n) is 1.64. The minimum absolute atomic E-state index is 0.337. The minimum Gasteiger partial charge on any atom is -0.490 e. The number of ether oxygens (including phenoxy) is 1. The molecule has 0 aliphatic carbocycles. The number of hydrogen-bond donors (Lipinski definition) is 1. The van der Waals surface area contributed by atoms with E-state index in [-0.39, 0.29) is 0 Å². The molecule has 0 spiro atoms. The largest absolute Gasteiger partial charge is 0.490 e. The second-order valence-corrected chi connectivity index (χ2v) is 4.89. The number of thiazole rings is 1. The van der Waals surface area contributed by atoms with Crippen molar-refractivity contribution in [1.29, 1.82) is 0 Å². The lowest BCUT2D eigenvalue weighted by Crippen LogP contribution is -2.19. The van der Waals surface area contributed by atoms with E-state index in [2.05, 4.69) is 15.0 Å². The molecular formula is C11H15N5OS. The average Bonchev–Trinajstić information content (AvgIpc) is 2.74. The van der Waals surface area contributed by atoms with Crippen LogP contribution >= 0.6 is 11.3 Å². The van der Waals surface area contributed by atoms with Gasteiger partial charge in [-0.05, 0) is 6.92 Å². The molecular weight excluding hydrogens is 250 g/mol. The van der Waals surface area contributed by atoms with E-state index in [1.54, 1.807) is 18.4 Å². The molecule has 96 valence electrons. The van der Waals surface area contributed by atoms with Gasteiger partial charge in [-0.15, -0.1) is 11.3 Å². The predicted molar refractivity (Wildman–Crippen MR) is 72.0 cm³/mol. The molecule has 2 heterocycles. The Bertz CT molecular complexity index is 542. The summed E-state index contributed by atoms with van der Waals surface area (Å²) in [6.07, 6.45) is 1.43. The van der Waals surface area contributed by atoms with Gasteiger partial charge in [-0.3, -0.25) is 0 Å². The summed E-state index contributed by atoms with van der Waals surface area (Å²) in [5.74, 6) is 1.49. The van der Waals surface area contributed by atoms with Crippen molar-refractivity contribution in [3.05, 3.63) is 22.4 Å². The first kappa shape index (κ1) is 12.6. The van der Waals surface area contributed by atoms with Gasteiger partial charge in [-0.1, -0.05) is 0 Å². The van der Waals surface area contributed by atoms with E-state index in [0.717, 1.165) is 10.7 Å². The third-order valence-corrected chi connectivity index (χ3v) is 3.27. The maximum absolute atomic E-state index is 5.75. The molecule has 2 aromatic rings. The number of nitrogen functional groups attached to an aromatic ring is 1. The summed E-state index contributed by atoms with van der Waals surface area (Å²) in [6, 6.07) is 0. The fraction of sp³-hybridized carbons (Fsp3) is 0.364. The second kappa shape index (κ2) is 5.18. The van der Waals surface area contributed by atoms with Gasteiger partial charge in [-0.25, -0.2) is 15.0 Å². The maximum Gasteiger partial charge on any atom is 0.204 e. The molecule has 6 nitrogen and oxygen atoms in total. The molecule has 0 saturated carbocycles. The van der Waals surface area contributed by atoms with Crippen molar-refractivity contribution in [2.45, 2.75) is 13.5 Å². The maximum atomic E-state index is 5.75. The van der Waals surface area contributed by atoms with E-state index in [9.17, 15) is 0 Å². The predicted octanol–water partition coefficient (Wildman–Crippen LogP) is 1.47. The van der Waals surface area contributed by atoms with Crippen molar-refractivity contribution >= 4 is 23.0 Å². The van der Waals surface area contributed by atoms with Crippen LogP contribution in [0.25, 0.3) is 0 Å². The molecule has 2 N–H and O–H groups in total. The highest BCUT2D eigenvalue weighted by Crippen LogP contribution is 2.29. The molecule has 0 saturated heterocycles. The van der Waals surface area contributed by atoms with Crippen LogP contribution in [0.15, 0.2) is 11.7 Å². The smallest absolute Gasteiger partial charge is 0.204 e. The van der Waals surface area contributed by atoms with Crippen molar-refractivity contribution in [2.24, 2.45) is 0 Å². The quantitative estimate of drug-likeness (QED) is 0.902. The van der Waals surface area contributed by atoms with Crippen molar-refractivity contribution in [2.75, 3.05) is 24.8 Å². The molecule has 2 rings (SSSR count). The summed E-state index contributed by atoms with van der Waals surface area (Å²) in [4.78, 5) is 14.5. The van der Waals surface area contributed by atoms with Crippen LogP contribution in [0.5, 0.6) is 5.75 Å². The van der Waals surface area contributed by atoms with Crippen LogP contribution < -0.4 is 15.4 Å². The SMILES string of the molecule is COc1c(N)ncnc1N(C)Cc1csc(C)n1. The third kappa shape index (κ3) is 2.51. The fourth-order valence-corrected chi connectivity index (χ4v) is 2.25.